The van der Waals surface area contributed by atoms with E-state index in [1.165, 1.54) is 0 Å². The number of hydrogen-bond acceptors (Lipinski definition) is 4. The van der Waals surface area contributed by atoms with Gasteiger partial charge in [0.15, 0.2) is 0 Å². The molecule has 148 valence electrons. The van der Waals surface area contributed by atoms with Crippen LogP contribution in [0.1, 0.15) is 66.2 Å². The van der Waals surface area contributed by atoms with E-state index in [9.17, 15) is 17.8 Å². The molecule has 6 nitrogen and oxygen atoms in total. The van der Waals surface area contributed by atoms with Crippen LogP contribution in [0.15, 0.2) is 11.6 Å². The van der Waals surface area contributed by atoms with E-state index in [1.54, 1.807) is 6.92 Å². The normalized spacial score (nSPS) is 14.5. The first-order valence-corrected chi connectivity index (χ1v) is 10.9. The van der Waals surface area contributed by atoms with Crippen LogP contribution in [0.4, 0.5) is 0 Å². The van der Waals surface area contributed by atoms with Gasteiger partial charge in [0.05, 0.1) is 35.8 Å². The molecule has 0 spiro atoms. The number of hydrogen-bond donors (Lipinski definition) is 1. The minimum atomic E-state index is -4.20. The molecule has 0 rings (SSSR count). The summed E-state index contributed by atoms with van der Waals surface area (Å²) >= 11 is 0. The minimum absolute atomic E-state index is 0.0871. The Labute approximate surface area is 153 Å². The Bertz CT molecular complexity index is 521. The molecular formula is C18H36N2O4S. The van der Waals surface area contributed by atoms with E-state index in [2.05, 4.69) is 13.8 Å². The highest BCUT2D eigenvalue weighted by atomic mass is 32.2. The maximum absolute atomic E-state index is 11.2. The lowest BCUT2D eigenvalue weighted by Gasteiger charge is -2.44. The van der Waals surface area contributed by atoms with Crippen molar-refractivity contribution in [3.05, 3.63) is 11.6 Å². The zero-order valence-electron chi connectivity index (χ0n) is 16.3. The fourth-order valence-electron chi connectivity index (χ4n) is 3.17. The van der Waals surface area contributed by atoms with E-state index in [0.29, 0.717) is 12.0 Å². The topological polar surface area (TPSA) is 100 Å². The Hall–Kier alpha value is -0.920. The van der Waals surface area contributed by atoms with Crippen molar-refractivity contribution >= 4 is 16.0 Å². The van der Waals surface area contributed by atoms with Crippen LogP contribution in [0.2, 0.25) is 0 Å². The van der Waals surface area contributed by atoms with Crippen LogP contribution in [0.25, 0.3) is 0 Å². The smallest absolute Gasteiger partial charge is 0.244 e. The van der Waals surface area contributed by atoms with Crippen molar-refractivity contribution in [3.8, 4) is 0 Å². The Morgan fingerprint density at radius 2 is 1.68 bits per heavy atom. The third-order valence-corrected chi connectivity index (χ3v) is 5.78. The van der Waals surface area contributed by atoms with Gasteiger partial charge in [-0.3, -0.25) is 4.79 Å². The Kier molecular flexibility index (Phi) is 11.2. The number of carbonyl (C=O) groups is 1. The van der Waals surface area contributed by atoms with Gasteiger partial charge in [-0.25, -0.2) is 8.42 Å². The first-order valence-electron chi connectivity index (χ1n) is 9.34. The number of quaternary nitrogens is 1. The Balaban J connectivity index is 5.31. The molecule has 0 bridgehead atoms. The second-order valence-corrected chi connectivity index (χ2v) is 8.56. The zero-order chi connectivity index (χ0) is 19.5. The summed E-state index contributed by atoms with van der Waals surface area (Å²) in [6.45, 7) is 10.8. The van der Waals surface area contributed by atoms with Gasteiger partial charge in [-0.05, 0) is 26.7 Å². The molecular weight excluding hydrogens is 340 g/mol. The van der Waals surface area contributed by atoms with E-state index in [0.717, 1.165) is 56.2 Å². The summed E-state index contributed by atoms with van der Waals surface area (Å²) in [4.78, 5) is 11.2. The molecule has 0 saturated carbocycles. The van der Waals surface area contributed by atoms with Crippen LogP contribution < -0.4 is 5.73 Å². The number of nitrogens with two attached hydrogens (primary N) is 1. The van der Waals surface area contributed by atoms with Crippen molar-refractivity contribution in [2.75, 3.05) is 25.4 Å². The number of unbranched alkanes of at least 4 members (excludes halogenated alkanes) is 2. The fourth-order valence-corrected chi connectivity index (χ4v) is 3.80. The van der Waals surface area contributed by atoms with Crippen molar-refractivity contribution in [3.63, 3.8) is 0 Å². The Morgan fingerprint density at radius 3 is 2.08 bits per heavy atom. The lowest BCUT2D eigenvalue weighted by molar-refractivity contribution is -0.949. The first kappa shape index (κ1) is 24.1. The van der Waals surface area contributed by atoms with Gasteiger partial charge in [-0.15, -0.1) is 0 Å². The van der Waals surface area contributed by atoms with E-state index in [-0.39, 0.29) is 11.8 Å². The lowest BCUT2D eigenvalue weighted by atomic mass is 10.1. The highest BCUT2D eigenvalue weighted by molar-refractivity contribution is 7.85. The van der Waals surface area contributed by atoms with Gasteiger partial charge < -0.3 is 14.8 Å². The molecule has 1 atom stereocenters. The summed E-state index contributed by atoms with van der Waals surface area (Å²) in [6.07, 6.45) is 7.19. The molecule has 0 aliphatic rings. The zero-order valence-corrected chi connectivity index (χ0v) is 17.1. The first-order chi connectivity index (χ1) is 11.6. The van der Waals surface area contributed by atoms with E-state index >= 15 is 0 Å². The number of nitrogens with zero attached hydrogens (tertiary/aromatic N) is 1. The van der Waals surface area contributed by atoms with Gasteiger partial charge in [0, 0.05) is 24.2 Å². The second-order valence-electron chi connectivity index (χ2n) is 7.04. The molecule has 0 aromatic rings. The van der Waals surface area contributed by atoms with Crippen molar-refractivity contribution in [2.24, 2.45) is 5.73 Å². The van der Waals surface area contributed by atoms with Gasteiger partial charge in [-0.2, -0.15) is 0 Å². The van der Waals surface area contributed by atoms with Crippen LogP contribution in [0, 0.1) is 0 Å². The van der Waals surface area contributed by atoms with Crippen molar-refractivity contribution in [1.82, 2.24) is 0 Å². The van der Waals surface area contributed by atoms with Crippen LogP contribution in [0.5, 0.6) is 0 Å². The number of rotatable bonds is 14. The monoisotopic (exact) mass is 376 g/mol. The van der Waals surface area contributed by atoms with Crippen LogP contribution >= 0.6 is 0 Å². The highest BCUT2D eigenvalue weighted by Gasteiger charge is 2.32. The molecule has 0 fully saturated rings. The SMILES string of the molecule is CCCC[N+](CCC=C(C)C(N)=O)(CCCC)C(C)CCS(=O)(=O)[O-]. The van der Waals surface area contributed by atoms with Crippen LogP contribution in [-0.2, 0) is 14.9 Å². The molecule has 0 saturated heterocycles. The summed E-state index contributed by atoms with van der Waals surface area (Å²) in [5.74, 6) is -0.728. The quantitative estimate of drug-likeness (QED) is 0.286. The van der Waals surface area contributed by atoms with Gasteiger partial charge in [0.25, 0.3) is 0 Å². The molecule has 0 radical (unpaired) electrons. The van der Waals surface area contributed by atoms with Crippen LogP contribution in [-0.4, -0.2) is 54.8 Å². The molecule has 2 N–H and O–H groups in total. The Morgan fingerprint density at radius 1 is 1.16 bits per heavy atom. The third kappa shape index (κ3) is 9.97. The number of carbonyl (C=O) groups excluding carboxylic acids is 1. The van der Waals surface area contributed by atoms with Gasteiger partial charge in [0.2, 0.25) is 5.91 Å². The number of primary amides is 1. The minimum Gasteiger partial charge on any atom is -0.748 e. The second kappa shape index (κ2) is 11.6. The average Bonchev–Trinajstić information content (AvgIpc) is 2.53. The maximum atomic E-state index is 11.2. The van der Waals surface area contributed by atoms with Gasteiger partial charge in [-0.1, -0.05) is 32.8 Å². The third-order valence-electron chi connectivity index (χ3n) is 5.05. The summed E-state index contributed by atoms with van der Waals surface area (Å²) in [6, 6.07) is 0.0871. The standard InChI is InChI=1S/C18H36N2O4S/c1-5-7-12-20(13-8-6-2,14-9-10-16(3)18(19)21)17(4)11-15-25(22,23)24/h10,17H,5-9,11-15H2,1-4H3,(H2-,19,21,22,23,24). The summed E-state index contributed by atoms with van der Waals surface area (Å²) in [7, 11) is -4.20. The van der Waals surface area contributed by atoms with E-state index < -0.39 is 16.0 Å². The molecule has 1 unspecified atom stereocenters. The summed E-state index contributed by atoms with van der Waals surface area (Å²) in [5.41, 5.74) is 5.84. The molecule has 0 aliphatic heterocycles. The summed E-state index contributed by atoms with van der Waals surface area (Å²) < 4.78 is 33.9. The maximum Gasteiger partial charge on any atom is 0.244 e. The van der Waals surface area contributed by atoms with Crippen molar-refractivity contribution in [2.45, 2.75) is 72.3 Å². The molecule has 25 heavy (non-hydrogen) atoms. The molecule has 0 heterocycles. The van der Waals surface area contributed by atoms with Gasteiger partial charge >= 0.3 is 0 Å². The lowest BCUT2D eigenvalue weighted by Crippen LogP contribution is -2.56. The molecule has 7 heteroatoms. The predicted molar refractivity (Wildman–Crippen MR) is 101 cm³/mol. The molecule has 1 amide bonds. The van der Waals surface area contributed by atoms with E-state index in [4.69, 9.17) is 5.73 Å². The molecule has 0 aromatic heterocycles. The summed E-state index contributed by atoms with van der Waals surface area (Å²) in [5, 5.41) is 0. The van der Waals surface area contributed by atoms with Crippen molar-refractivity contribution < 1.29 is 22.2 Å². The largest absolute Gasteiger partial charge is 0.748 e. The van der Waals surface area contributed by atoms with Crippen molar-refractivity contribution in [1.29, 1.82) is 0 Å². The van der Waals surface area contributed by atoms with E-state index in [1.807, 2.05) is 13.0 Å². The van der Waals surface area contributed by atoms with Crippen LogP contribution in [0.3, 0.4) is 0 Å². The number of amides is 1. The molecule has 0 aromatic carbocycles. The molecule has 0 aliphatic carbocycles. The highest BCUT2D eigenvalue weighted by Crippen LogP contribution is 2.22. The fraction of sp³-hybridized carbons (Fsp3) is 0.833. The predicted octanol–water partition coefficient (Wildman–Crippen LogP) is 2.55. The van der Waals surface area contributed by atoms with Gasteiger partial charge in [0.1, 0.15) is 0 Å². The average molecular weight is 377 g/mol.